The van der Waals surface area contributed by atoms with E-state index in [1.54, 1.807) is 12.1 Å². The number of fused-ring (bicyclic) bond motifs is 1. The third-order valence-electron chi connectivity index (χ3n) is 6.28. The summed E-state index contributed by atoms with van der Waals surface area (Å²) in [7, 11) is 1.43. The number of aryl methyl sites for hydroxylation is 1. The minimum absolute atomic E-state index is 0.0331. The van der Waals surface area contributed by atoms with E-state index in [2.05, 4.69) is 0 Å². The van der Waals surface area contributed by atoms with E-state index in [1.165, 1.54) is 57.8 Å². The first-order valence-corrected chi connectivity index (χ1v) is 12.3. The molecule has 6 heteroatoms. The van der Waals surface area contributed by atoms with Crippen LogP contribution in [0, 0.1) is 0 Å². The summed E-state index contributed by atoms with van der Waals surface area (Å²) >= 11 is 0. The zero-order valence-corrected chi connectivity index (χ0v) is 20.0. The molecule has 3 N–H and O–H groups in total. The zero-order chi connectivity index (χ0) is 24.3. The number of aromatic hydroxyl groups is 2. The van der Waals surface area contributed by atoms with Gasteiger partial charge in [-0.1, -0.05) is 63.5 Å². The van der Waals surface area contributed by atoms with Gasteiger partial charge in [-0.15, -0.1) is 0 Å². The fourth-order valence-electron chi connectivity index (χ4n) is 4.36. The lowest BCUT2D eigenvalue weighted by atomic mass is 10.00. The Morgan fingerprint density at radius 1 is 0.853 bits per heavy atom. The average Bonchev–Trinajstić information content (AvgIpc) is 2.85. The number of rotatable bonds is 14. The minimum Gasteiger partial charge on any atom is -0.504 e. The highest BCUT2D eigenvalue weighted by atomic mass is 16.5. The first kappa shape index (κ1) is 25.6. The van der Waals surface area contributed by atoms with Gasteiger partial charge in [0.2, 0.25) is 11.2 Å². The highest BCUT2D eigenvalue weighted by Crippen LogP contribution is 2.36. The second-order valence-electron chi connectivity index (χ2n) is 8.79. The normalized spacial score (nSPS) is 11.2. The molecule has 184 valence electrons. The molecule has 0 aliphatic carbocycles. The molecule has 0 fully saturated rings. The standard InChI is InChI=1S/C28H36O6/c1-33-24-19-21(16-17-22(24)30)28-27(32)26(31)25-20(14-12-15-23(25)34-28)13-10-8-6-4-2-3-5-7-9-11-18-29/h12,14-17,19,29-30,32H,2-11,13,18H2,1H3. The summed E-state index contributed by atoms with van der Waals surface area (Å²) in [6.07, 6.45) is 12.2. The second kappa shape index (κ2) is 13.0. The number of unbranched alkanes of at least 4 members (excludes halogenated alkanes) is 9. The van der Waals surface area contributed by atoms with Gasteiger partial charge < -0.3 is 24.5 Å². The topological polar surface area (TPSA) is 100 Å². The number of aliphatic hydroxyl groups is 1. The molecule has 3 rings (SSSR count). The van der Waals surface area contributed by atoms with Crippen LogP contribution >= 0.6 is 0 Å². The molecule has 0 spiro atoms. The molecule has 2 aromatic carbocycles. The van der Waals surface area contributed by atoms with Crippen molar-refractivity contribution in [2.24, 2.45) is 0 Å². The monoisotopic (exact) mass is 468 g/mol. The van der Waals surface area contributed by atoms with E-state index >= 15 is 0 Å². The van der Waals surface area contributed by atoms with Gasteiger partial charge >= 0.3 is 0 Å². The first-order chi connectivity index (χ1) is 16.6. The van der Waals surface area contributed by atoms with Crippen LogP contribution in [0.2, 0.25) is 0 Å². The largest absolute Gasteiger partial charge is 0.504 e. The van der Waals surface area contributed by atoms with E-state index in [4.69, 9.17) is 14.3 Å². The van der Waals surface area contributed by atoms with E-state index in [1.807, 2.05) is 12.1 Å². The van der Waals surface area contributed by atoms with Crippen molar-refractivity contribution in [1.82, 2.24) is 0 Å². The zero-order valence-electron chi connectivity index (χ0n) is 20.0. The maximum absolute atomic E-state index is 13.1. The van der Waals surface area contributed by atoms with Crippen molar-refractivity contribution in [2.45, 2.75) is 70.6 Å². The van der Waals surface area contributed by atoms with Crippen molar-refractivity contribution < 1.29 is 24.5 Å². The van der Waals surface area contributed by atoms with Gasteiger partial charge in [-0.25, -0.2) is 0 Å². The van der Waals surface area contributed by atoms with Gasteiger partial charge in [0.05, 0.1) is 12.5 Å². The third kappa shape index (κ3) is 6.54. The lowest BCUT2D eigenvalue weighted by molar-refractivity contribution is 0.282. The molecule has 0 unspecified atom stereocenters. The van der Waals surface area contributed by atoms with Crippen LogP contribution in [0.3, 0.4) is 0 Å². The van der Waals surface area contributed by atoms with Crippen LogP contribution in [0.5, 0.6) is 17.2 Å². The maximum atomic E-state index is 13.1. The average molecular weight is 469 g/mol. The van der Waals surface area contributed by atoms with Crippen molar-refractivity contribution in [3.63, 3.8) is 0 Å². The predicted molar refractivity (Wildman–Crippen MR) is 135 cm³/mol. The number of hydrogen-bond acceptors (Lipinski definition) is 6. The van der Waals surface area contributed by atoms with Gasteiger partial charge in [0.15, 0.2) is 17.3 Å². The molecule has 0 saturated heterocycles. The second-order valence-corrected chi connectivity index (χ2v) is 8.79. The summed E-state index contributed by atoms with van der Waals surface area (Å²) in [5, 5.41) is 29.7. The molecule has 0 aliphatic heterocycles. The number of benzene rings is 2. The summed E-state index contributed by atoms with van der Waals surface area (Å²) in [5.74, 6) is -0.180. The van der Waals surface area contributed by atoms with E-state index in [-0.39, 0.29) is 17.3 Å². The SMILES string of the molecule is COc1cc(-c2oc3cccc(CCCCCCCCCCCCO)c3c(=O)c2O)ccc1O. The molecule has 34 heavy (non-hydrogen) atoms. The number of phenolic OH excluding ortho intramolecular Hbond substituents is 1. The Bertz CT molecular complexity index is 1120. The molecule has 0 radical (unpaired) electrons. The summed E-state index contributed by atoms with van der Waals surface area (Å²) in [4.78, 5) is 13.1. The van der Waals surface area contributed by atoms with E-state index in [0.717, 1.165) is 37.7 Å². The molecule has 1 aromatic heterocycles. The minimum atomic E-state index is -0.444. The predicted octanol–water partition coefficient (Wildman–Crippen LogP) is 6.32. The molecule has 0 atom stereocenters. The smallest absolute Gasteiger partial charge is 0.235 e. The Hall–Kier alpha value is -2.99. The molecule has 0 bridgehead atoms. The van der Waals surface area contributed by atoms with Crippen molar-refractivity contribution in [3.8, 4) is 28.6 Å². The lowest BCUT2D eigenvalue weighted by Crippen LogP contribution is -2.06. The number of phenols is 1. The van der Waals surface area contributed by atoms with Crippen molar-refractivity contribution in [2.75, 3.05) is 13.7 Å². The molecule has 0 aliphatic rings. The van der Waals surface area contributed by atoms with Gasteiger partial charge in [0.25, 0.3) is 0 Å². The Morgan fingerprint density at radius 3 is 2.15 bits per heavy atom. The van der Waals surface area contributed by atoms with Gasteiger partial charge in [0.1, 0.15) is 5.58 Å². The molecular weight excluding hydrogens is 432 g/mol. The van der Waals surface area contributed by atoms with Gasteiger partial charge in [-0.2, -0.15) is 0 Å². The van der Waals surface area contributed by atoms with Crippen LogP contribution in [0.1, 0.15) is 69.8 Å². The fourth-order valence-corrected chi connectivity index (χ4v) is 4.36. The molecule has 1 heterocycles. The maximum Gasteiger partial charge on any atom is 0.235 e. The van der Waals surface area contributed by atoms with Gasteiger partial charge in [-0.3, -0.25) is 4.79 Å². The molecular formula is C28H36O6. The third-order valence-corrected chi connectivity index (χ3v) is 6.28. The summed E-state index contributed by atoms with van der Waals surface area (Å²) in [6.45, 7) is 0.299. The van der Waals surface area contributed by atoms with E-state index < -0.39 is 11.2 Å². The van der Waals surface area contributed by atoms with E-state index in [9.17, 15) is 15.0 Å². The quantitative estimate of drug-likeness (QED) is 0.240. The van der Waals surface area contributed by atoms with E-state index in [0.29, 0.717) is 23.1 Å². The fraction of sp³-hybridized carbons (Fsp3) is 0.464. The molecule has 3 aromatic rings. The Morgan fingerprint density at radius 2 is 1.50 bits per heavy atom. The Kier molecular flexibility index (Phi) is 9.83. The van der Waals surface area contributed by atoms with Crippen LogP contribution < -0.4 is 10.2 Å². The van der Waals surface area contributed by atoms with Crippen LogP contribution in [0.15, 0.2) is 45.6 Å². The highest BCUT2D eigenvalue weighted by Gasteiger charge is 2.18. The number of methoxy groups -OCH3 is 1. The lowest BCUT2D eigenvalue weighted by Gasteiger charge is -2.11. The first-order valence-electron chi connectivity index (χ1n) is 12.3. The molecule has 6 nitrogen and oxygen atoms in total. The van der Waals surface area contributed by atoms with Gasteiger partial charge in [-0.05, 0) is 49.1 Å². The van der Waals surface area contributed by atoms with Crippen LogP contribution in [-0.2, 0) is 6.42 Å². The van der Waals surface area contributed by atoms with Crippen molar-refractivity contribution in [3.05, 3.63) is 52.2 Å². The van der Waals surface area contributed by atoms with Gasteiger partial charge in [0, 0.05) is 12.2 Å². The number of ether oxygens (including phenoxy) is 1. The number of aliphatic hydroxyl groups excluding tert-OH is 1. The van der Waals surface area contributed by atoms with Crippen LogP contribution in [-0.4, -0.2) is 29.0 Å². The van der Waals surface area contributed by atoms with Crippen molar-refractivity contribution >= 4 is 11.0 Å². The number of hydrogen-bond donors (Lipinski definition) is 3. The molecule has 0 saturated carbocycles. The summed E-state index contributed by atoms with van der Waals surface area (Å²) in [6, 6.07) is 10.1. The Balaban J connectivity index is 1.61. The van der Waals surface area contributed by atoms with Crippen LogP contribution in [0.4, 0.5) is 0 Å². The summed E-state index contributed by atoms with van der Waals surface area (Å²) < 4.78 is 11.1. The molecule has 0 amide bonds. The Labute approximate surface area is 200 Å². The van der Waals surface area contributed by atoms with Crippen molar-refractivity contribution in [1.29, 1.82) is 0 Å². The summed E-state index contributed by atoms with van der Waals surface area (Å²) in [5.41, 5.74) is 1.33. The van der Waals surface area contributed by atoms with Crippen LogP contribution in [0.25, 0.3) is 22.3 Å². The highest BCUT2D eigenvalue weighted by molar-refractivity contribution is 5.85.